The molecule has 1 aromatic carbocycles. The van der Waals surface area contributed by atoms with Gasteiger partial charge in [0.25, 0.3) is 0 Å². The number of carbonyl (C=O) groups is 1. The number of nitrogens with one attached hydrogen (secondary N) is 2. The molecule has 1 aliphatic heterocycles. The van der Waals surface area contributed by atoms with E-state index >= 15 is 0 Å². The number of halogens is 2. The lowest BCUT2D eigenvalue weighted by atomic mass is 9.88. The van der Waals surface area contributed by atoms with Crippen LogP contribution in [0.4, 0.5) is 10.1 Å². The van der Waals surface area contributed by atoms with Gasteiger partial charge in [-0.15, -0.1) is 0 Å². The molecule has 0 amide bonds. The van der Waals surface area contributed by atoms with Gasteiger partial charge in [0.15, 0.2) is 5.82 Å². The van der Waals surface area contributed by atoms with Crippen LogP contribution < -0.4 is 10.6 Å². The molecule has 1 fully saturated rings. The van der Waals surface area contributed by atoms with Crippen LogP contribution in [0.1, 0.15) is 6.42 Å². The zero-order valence-electron chi connectivity index (χ0n) is 8.96. The number of benzene rings is 1. The van der Waals surface area contributed by atoms with Crippen molar-refractivity contribution in [1.82, 2.24) is 5.32 Å². The maximum absolute atomic E-state index is 13.7. The lowest BCUT2D eigenvalue weighted by Crippen LogP contribution is -2.65. The van der Waals surface area contributed by atoms with Gasteiger partial charge < -0.3 is 15.7 Å². The van der Waals surface area contributed by atoms with Crippen LogP contribution in [0.25, 0.3) is 0 Å². The summed E-state index contributed by atoms with van der Waals surface area (Å²) in [4.78, 5) is 10.8. The van der Waals surface area contributed by atoms with Crippen molar-refractivity contribution in [1.29, 1.82) is 0 Å². The topological polar surface area (TPSA) is 61.4 Å². The Balaban J connectivity index is 2.18. The highest BCUT2D eigenvalue weighted by molar-refractivity contribution is 6.31. The molecule has 6 heteroatoms. The van der Waals surface area contributed by atoms with Crippen molar-refractivity contribution in [2.45, 2.75) is 12.0 Å². The molecule has 17 heavy (non-hydrogen) atoms. The predicted molar refractivity (Wildman–Crippen MR) is 62.9 cm³/mol. The monoisotopic (exact) mass is 258 g/mol. The smallest absolute Gasteiger partial charge is 0.305 e. The SMILES string of the molecule is O=C(O)CC1(Nc2cccc(Cl)c2F)CNC1. The van der Waals surface area contributed by atoms with E-state index in [2.05, 4.69) is 10.6 Å². The van der Waals surface area contributed by atoms with Crippen LogP contribution in [0.2, 0.25) is 5.02 Å². The van der Waals surface area contributed by atoms with Crippen molar-refractivity contribution in [3.63, 3.8) is 0 Å². The number of hydrogen-bond acceptors (Lipinski definition) is 3. The molecule has 0 aliphatic carbocycles. The molecule has 0 unspecified atom stereocenters. The van der Waals surface area contributed by atoms with Gasteiger partial charge in [0.05, 0.1) is 22.7 Å². The lowest BCUT2D eigenvalue weighted by Gasteiger charge is -2.43. The van der Waals surface area contributed by atoms with Crippen LogP contribution in [-0.2, 0) is 4.79 Å². The molecule has 1 aromatic rings. The van der Waals surface area contributed by atoms with E-state index in [0.717, 1.165) is 0 Å². The summed E-state index contributed by atoms with van der Waals surface area (Å²) in [6, 6.07) is 4.61. The molecular formula is C11H12ClFN2O2. The third-order valence-electron chi connectivity index (χ3n) is 2.77. The predicted octanol–water partition coefficient (Wildman–Crippen LogP) is 1.71. The van der Waals surface area contributed by atoms with Gasteiger partial charge in [-0.2, -0.15) is 0 Å². The number of carboxylic acids is 1. The fraction of sp³-hybridized carbons (Fsp3) is 0.364. The summed E-state index contributed by atoms with van der Waals surface area (Å²) < 4.78 is 13.7. The Morgan fingerprint density at radius 2 is 2.29 bits per heavy atom. The normalized spacial score (nSPS) is 17.3. The van der Waals surface area contributed by atoms with E-state index in [1.165, 1.54) is 6.07 Å². The number of hydrogen-bond donors (Lipinski definition) is 3. The van der Waals surface area contributed by atoms with E-state index in [9.17, 15) is 9.18 Å². The van der Waals surface area contributed by atoms with Crippen molar-refractivity contribution in [2.75, 3.05) is 18.4 Å². The lowest BCUT2D eigenvalue weighted by molar-refractivity contribution is -0.138. The maximum Gasteiger partial charge on any atom is 0.305 e. The van der Waals surface area contributed by atoms with Crippen molar-refractivity contribution in [3.05, 3.63) is 29.0 Å². The number of anilines is 1. The Kier molecular flexibility index (Phi) is 3.22. The van der Waals surface area contributed by atoms with Crippen LogP contribution >= 0.6 is 11.6 Å². The maximum atomic E-state index is 13.7. The van der Waals surface area contributed by atoms with E-state index in [0.29, 0.717) is 13.1 Å². The molecule has 92 valence electrons. The van der Waals surface area contributed by atoms with Crippen molar-refractivity contribution in [2.24, 2.45) is 0 Å². The minimum atomic E-state index is -0.915. The van der Waals surface area contributed by atoms with Crippen LogP contribution in [0.3, 0.4) is 0 Å². The Bertz CT molecular complexity index is 449. The summed E-state index contributed by atoms with van der Waals surface area (Å²) in [6.45, 7) is 0.983. The first-order valence-corrected chi connectivity index (χ1v) is 5.55. The minimum absolute atomic E-state index is 0.0211. The molecule has 0 spiro atoms. The first-order valence-electron chi connectivity index (χ1n) is 5.17. The minimum Gasteiger partial charge on any atom is -0.481 e. The van der Waals surface area contributed by atoms with E-state index < -0.39 is 17.3 Å². The highest BCUT2D eigenvalue weighted by Crippen LogP contribution is 2.28. The summed E-state index contributed by atoms with van der Waals surface area (Å²) in [7, 11) is 0. The van der Waals surface area contributed by atoms with Gasteiger partial charge in [-0.05, 0) is 12.1 Å². The second-order valence-electron chi connectivity index (χ2n) is 4.18. The molecule has 0 radical (unpaired) electrons. The highest BCUT2D eigenvalue weighted by atomic mass is 35.5. The molecule has 0 aromatic heterocycles. The summed E-state index contributed by atoms with van der Waals surface area (Å²) in [5, 5.41) is 14.8. The Morgan fingerprint density at radius 1 is 1.59 bits per heavy atom. The Hall–Kier alpha value is -1.33. The molecule has 3 N–H and O–H groups in total. The van der Waals surface area contributed by atoms with Crippen molar-refractivity contribution < 1.29 is 14.3 Å². The first-order chi connectivity index (χ1) is 8.02. The van der Waals surface area contributed by atoms with Gasteiger partial charge in [-0.1, -0.05) is 17.7 Å². The van der Waals surface area contributed by atoms with Gasteiger partial charge in [0, 0.05) is 13.1 Å². The number of carboxylic acid groups (broad SMARTS) is 1. The average Bonchev–Trinajstić information content (AvgIpc) is 2.21. The van der Waals surface area contributed by atoms with Crippen LogP contribution in [0, 0.1) is 5.82 Å². The molecule has 1 aliphatic rings. The molecule has 4 nitrogen and oxygen atoms in total. The molecule has 0 bridgehead atoms. The second-order valence-corrected chi connectivity index (χ2v) is 4.59. The number of rotatable bonds is 4. The molecule has 0 atom stereocenters. The van der Waals surface area contributed by atoms with E-state index in [1.807, 2.05) is 0 Å². The van der Waals surface area contributed by atoms with Gasteiger partial charge in [0.1, 0.15) is 0 Å². The van der Waals surface area contributed by atoms with E-state index in [4.69, 9.17) is 16.7 Å². The van der Waals surface area contributed by atoms with Crippen LogP contribution in [-0.4, -0.2) is 29.7 Å². The van der Waals surface area contributed by atoms with Crippen LogP contribution in [0.15, 0.2) is 18.2 Å². The van der Waals surface area contributed by atoms with Crippen LogP contribution in [0.5, 0.6) is 0 Å². The van der Waals surface area contributed by atoms with Gasteiger partial charge in [-0.3, -0.25) is 4.79 Å². The fourth-order valence-electron chi connectivity index (χ4n) is 1.86. The van der Waals surface area contributed by atoms with Crippen molar-refractivity contribution in [3.8, 4) is 0 Å². The van der Waals surface area contributed by atoms with Gasteiger partial charge in [0.2, 0.25) is 0 Å². The molecule has 0 saturated carbocycles. The summed E-state index contributed by atoms with van der Waals surface area (Å²) in [5.41, 5.74) is -0.391. The van der Waals surface area contributed by atoms with Gasteiger partial charge in [-0.25, -0.2) is 4.39 Å². The first kappa shape index (κ1) is 12.1. The zero-order chi connectivity index (χ0) is 12.5. The average molecular weight is 259 g/mol. The molecule has 2 rings (SSSR count). The largest absolute Gasteiger partial charge is 0.481 e. The fourth-order valence-corrected chi connectivity index (χ4v) is 2.03. The quantitative estimate of drug-likeness (QED) is 0.769. The third kappa shape index (κ3) is 2.50. The summed E-state index contributed by atoms with van der Waals surface area (Å²) >= 11 is 5.66. The zero-order valence-corrected chi connectivity index (χ0v) is 9.72. The Labute approximate surface area is 103 Å². The highest BCUT2D eigenvalue weighted by Gasteiger charge is 2.39. The van der Waals surface area contributed by atoms with Gasteiger partial charge >= 0.3 is 5.97 Å². The molecule has 1 saturated heterocycles. The number of aliphatic carboxylic acids is 1. The molecular weight excluding hydrogens is 247 g/mol. The Morgan fingerprint density at radius 3 is 2.82 bits per heavy atom. The summed E-state index contributed by atoms with van der Waals surface area (Å²) in [6.07, 6.45) is -0.0635. The molecule has 1 heterocycles. The second kappa shape index (κ2) is 4.50. The van der Waals surface area contributed by atoms with E-state index in [1.54, 1.807) is 12.1 Å². The van der Waals surface area contributed by atoms with Crippen molar-refractivity contribution >= 4 is 23.3 Å². The standard InChI is InChI=1S/C11H12ClFN2O2/c12-7-2-1-3-8(10(7)13)15-11(4-9(16)17)5-14-6-11/h1-3,14-15H,4-6H2,(H,16,17). The van der Waals surface area contributed by atoms with E-state index in [-0.39, 0.29) is 17.1 Å². The third-order valence-corrected chi connectivity index (χ3v) is 3.06. The summed E-state index contributed by atoms with van der Waals surface area (Å²) in [5.74, 6) is -1.47.